The first-order chi connectivity index (χ1) is 7.17. The molecule has 0 aromatic carbocycles. The van der Waals surface area contributed by atoms with E-state index < -0.39 is 0 Å². The van der Waals surface area contributed by atoms with Crippen LogP contribution in [0.4, 0.5) is 0 Å². The lowest BCUT2D eigenvalue weighted by Crippen LogP contribution is -2.56. The quantitative estimate of drug-likeness (QED) is 0.753. The van der Waals surface area contributed by atoms with E-state index in [1.54, 1.807) is 0 Å². The lowest BCUT2D eigenvalue weighted by Gasteiger charge is -2.40. The zero-order valence-corrected chi connectivity index (χ0v) is 10.9. The van der Waals surface area contributed by atoms with Gasteiger partial charge in [0.1, 0.15) is 0 Å². The van der Waals surface area contributed by atoms with E-state index in [-0.39, 0.29) is 0 Å². The van der Waals surface area contributed by atoms with Crippen molar-refractivity contribution in [1.82, 2.24) is 10.2 Å². The van der Waals surface area contributed by atoms with Gasteiger partial charge in [0.2, 0.25) is 0 Å². The Balaban J connectivity index is 2.40. The zero-order valence-electron chi connectivity index (χ0n) is 10.9. The molecule has 3 atom stereocenters. The predicted molar refractivity (Wildman–Crippen MR) is 67.2 cm³/mol. The minimum atomic E-state index is 0.668. The summed E-state index contributed by atoms with van der Waals surface area (Å²) in [6, 6.07) is 1.43. The van der Waals surface area contributed by atoms with Crippen LogP contribution in [-0.4, -0.2) is 36.6 Å². The topological polar surface area (TPSA) is 15.3 Å². The summed E-state index contributed by atoms with van der Waals surface area (Å²) in [5.74, 6) is 0.856. The standard InChI is InChI=1S/C13H28N2/c1-5-7-11(3)9-15-10-12(4)14-8-13(15)6-2/h11-14H,5-10H2,1-4H3. The number of nitrogens with zero attached hydrogens (tertiary/aromatic N) is 1. The van der Waals surface area contributed by atoms with Crippen LogP contribution in [0.25, 0.3) is 0 Å². The van der Waals surface area contributed by atoms with Crippen LogP contribution in [0.5, 0.6) is 0 Å². The average Bonchev–Trinajstić information content (AvgIpc) is 2.18. The molecule has 2 nitrogen and oxygen atoms in total. The summed E-state index contributed by atoms with van der Waals surface area (Å²) in [5.41, 5.74) is 0. The van der Waals surface area contributed by atoms with Crippen molar-refractivity contribution in [3.8, 4) is 0 Å². The van der Waals surface area contributed by atoms with Crippen LogP contribution in [0, 0.1) is 5.92 Å². The summed E-state index contributed by atoms with van der Waals surface area (Å²) in [4.78, 5) is 2.70. The van der Waals surface area contributed by atoms with Gasteiger partial charge in [-0.2, -0.15) is 0 Å². The molecule has 2 heteroatoms. The Bertz CT molecular complexity index is 170. The molecule has 1 aliphatic heterocycles. The van der Waals surface area contributed by atoms with Gasteiger partial charge in [-0.05, 0) is 25.7 Å². The van der Waals surface area contributed by atoms with E-state index in [9.17, 15) is 0 Å². The van der Waals surface area contributed by atoms with Gasteiger partial charge in [-0.3, -0.25) is 4.90 Å². The van der Waals surface area contributed by atoms with E-state index in [1.165, 1.54) is 38.9 Å². The average molecular weight is 212 g/mol. The van der Waals surface area contributed by atoms with E-state index in [2.05, 4.69) is 37.9 Å². The molecule has 0 bridgehead atoms. The predicted octanol–water partition coefficient (Wildman–Crippen LogP) is 2.49. The summed E-state index contributed by atoms with van der Waals surface area (Å²) in [5, 5.41) is 3.58. The van der Waals surface area contributed by atoms with E-state index in [4.69, 9.17) is 0 Å². The highest BCUT2D eigenvalue weighted by atomic mass is 15.2. The van der Waals surface area contributed by atoms with Crippen LogP contribution in [0.1, 0.15) is 47.0 Å². The maximum Gasteiger partial charge on any atom is 0.0218 e. The first-order valence-corrected chi connectivity index (χ1v) is 6.64. The molecule has 0 aromatic heterocycles. The number of nitrogens with one attached hydrogen (secondary N) is 1. The minimum absolute atomic E-state index is 0.668. The number of rotatable bonds is 5. The van der Waals surface area contributed by atoms with Crippen LogP contribution < -0.4 is 5.32 Å². The van der Waals surface area contributed by atoms with Crippen LogP contribution in [0.3, 0.4) is 0 Å². The van der Waals surface area contributed by atoms with Crippen molar-refractivity contribution < 1.29 is 0 Å². The summed E-state index contributed by atoms with van der Waals surface area (Å²) >= 11 is 0. The fraction of sp³-hybridized carbons (Fsp3) is 1.00. The van der Waals surface area contributed by atoms with Crippen molar-refractivity contribution in [3.05, 3.63) is 0 Å². The van der Waals surface area contributed by atoms with Crippen LogP contribution >= 0.6 is 0 Å². The molecule has 1 saturated heterocycles. The molecule has 15 heavy (non-hydrogen) atoms. The van der Waals surface area contributed by atoms with Crippen molar-refractivity contribution >= 4 is 0 Å². The molecule has 1 N–H and O–H groups in total. The van der Waals surface area contributed by atoms with Gasteiger partial charge in [0.05, 0.1) is 0 Å². The molecule has 0 radical (unpaired) electrons. The van der Waals surface area contributed by atoms with Crippen LogP contribution in [0.2, 0.25) is 0 Å². The third-order valence-corrected chi connectivity index (χ3v) is 3.53. The lowest BCUT2D eigenvalue weighted by atomic mass is 10.0. The van der Waals surface area contributed by atoms with Gasteiger partial charge in [0.25, 0.3) is 0 Å². The van der Waals surface area contributed by atoms with E-state index in [0.717, 1.165) is 12.0 Å². The molecule has 0 amide bonds. The molecule has 0 aliphatic carbocycles. The molecular weight excluding hydrogens is 184 g/mol. The van der Waals surface area contributed by atoms with Gasteiger partial charge in [-0.15, -0.1) is 0 Å². The maximum absolute atomic E-state index is 3.58. The molecule has 1 rings (SSSR count). The molecule has 90 valence electrons. The molecule has 3 unspecified atom stereocenters. The highest BCUT2D eigenvalue weighted by Crippen LogP contribution is 2.15. The highest BCUT2D eigenvalue weighted by molar-refractivity contribution is 4.83. The zero-order chi connectivity index (χ0) is 11.3. The van der Waals surface area contributed by atoms with Crippen molar-refractivity contribution in [2.24, 2.45) is 5.92 Å². The normalized spacial score (nSPS) is 30.4. The fourth-order valence-electron chi connectivity index (χ4n) is 2.64. The maximum atomic E-state index is 3.58. The second-order valence-corrected chi connectivity index (χ2v) is 5.22. The van der Waals surface area contributed by atoms with E-state index in [0.29, 0.717) is 6.04 Å². The Morgan fingerprint density at radius 3 is 2.73 bits per heavy atom. The Morgan fingerprint density at radius 2 is 2.13 bits per heavy atom. The van der Waals surface area contributed by atoms with E-state index >= 15 is 0 Å². The van der Waals surface area contributed by atoms with Gasteiger partial charge in [0.15, 0.2) is 0 Å². The summed E-state index contributed by atoms with van der Waals surface area (Å²) < 4.78 is 0. The Labute approximate surface area is 95.4 Å². The first-order valence-electron chi connectivity index (χ1n) is 6.64. The summed E-state index contributed by atoms with van der Waals surface area (Å²) in [6.45, 7) is 13.0. The minimum Gasteiger partial charge on any atom is -0.311 e. The third kappa shape index (κ3) is 4.12. The second kappa shape index (κ2) is 6.49. The number of hydrogen-bond donors (Lipinski definition) is 1. The van der Waals surface area contributed by atoms with Crippen molar-refractivity contribution in [3.63, 3.8) is 0 Å². The molecule has 0 spiro atoms. The molecule has 1 fully saturated rings. The van der Waals surface area contributed by atoms with Gasteiger partial charge in [-0.1, -0.05) is 27.2 Å². The van der Waals surface area contributed by atoms with Crippen LogP contribution in [-0.2, 0) is 0 Å². The highest BCUT2D eigenvalue weighted by Gasteiger charge is 2.24. The fourth-order valence-corrected chi connectivity index (χ4v) is 2.64. The Hall–Kier alpha value is -0.0800. The summed E-state index contributed by atoms with van der Waals surface area (Å²) in [6.07, 6.45) is 3.97. The summed E-state index contributed by atoms with van der Waals surface area (Å²) in [7, 11) is 0. The number of piperazine rings is 1. The molecular formula is C13H28N2. The first kappa shape index (κ1) is 13.0. The number of hydrogen-bond acceptors (Lipinski definition) is 2. The lowest BCUT2D eigenvalue weighted by molar-refractivity contribution is 0.112. The van der Waals surface area contributed by atoms with Crippen molar-refractivity contribution in [2.75, 3.05) is 19.6 Å². The monoisotopic (exact) mass is 212 g/mol. The molecule has 1 aliphatic rings. The molecule has 1 heterocycles. The Kier molecular flexibility index (Phi) is 5.62. The molecule has 0 aromatic rings. The van der Waals surface area contributed by atoms with Crippen molar-refractivity contribution in [1.29, 1.82) is 0 Å². The Morgan fingerprint density at radius 1 is 1.40 bits per heavy atom. The third-order valence-electron chi connectivity index (χ3n) is 3.53. The molecule has 0 saturated carbocycles. The largest absolute Gasteiger partial charge is 0.311 e. The van der Waals surface area contributed by atoms with Gasteiger partial charge < -0.3 is 5.32 Å². The van der Waals surface area contributed by atoms with Gasteiger partial charge >= 0.3 is 0 Å². The van der Waals surface area contributed by atoms with Gasteiger partial charge in [0, 0.05) is 31.7 Å². The van der Waals surface area contributed by atoms with Gasteiger partial charge in [-0.25, -0.2) is 0 Å². The van der Waals surface area contributed by atoms with Crippen molar-refractivity contribution in [2.45, 2.75) is 59.0 Å². The van der Waals surface area contributed by atoms with Crippen LogP contribution in [0.15, 0.2) is 0 Å². The second-order valence-electron chi connectivity index (χ2n) is 5.22. The smallest absolute Gasteiger partial charge is 0.0218 e. The SMILES string of the molecule is CCCC(C)CN1CC(C)NCC1CC. The van der Waals surface area contributed by atoms with E-state index in [1.807, 2.05) is 0 Å².